The van der Waals surface area contributed by atoms with Crippen molar-refractivity contribution in [3.8, 4) is 0 Å². The lowest BCUT2D eigenvalue weighted by molar-refractivity contribution is -0.132. The fraction of sp³-hybridized carbons (Fsp3) is 0.429. The summed E-state index contributed by atoms with van der Waals surface area (Å²) in [7, 11) is 0. The lowest BCUT2D eigenvalue weighted by Gasteiger charge is -2.28. The highest BCUT2D eigenvalue weighted by Crippen LogP contribution is 2.19. The topological polar surface area (TPSA) is 63.4 Å². The highest BCUT2D eigenvalue weighted by atomic mass is 16.2. The van der Waals surface area contributed by atoms with Crippen LogP contribution in [0.3, 0.4) is 0 Å². The lowest BCUT2D eigenvalue weighted by atomic mass is 9.99. The number of fused-ring (bicyclic) bond motifs is 1. The van der Waals surface area contributed by atoms with Gasteiger partial charge in [0.2, 0.25) is 11.8 Å². The number of nitrogens with two attached hydrogens (primary N) is 1. The predicted molar refractivity (Wildman–Crippen MR) is 68.6 cm³/mol. The standard InChI is InChI=1S/C14H18N2O2/c15-13(17)6-3-7-14(18)16-9-8-11-4-1-2-5-12(11)10-16/h1-2,4-5H,3,6-10H2,(H2,15,17). The summed E-state index contributed by atoms with van der Waals surface area (Å²) in [6.07, 6.45) is 2.16. The van der Waals surface area contributed by atoms with Crippen LogP contribution in [0.1, 0.15) is 30.4 Å². The van der Waals surface area contributed by atoms with E-state index in [1.807, 2.05) is 17.0 Å². The van der Waals surface area contributed by atoms with Gasteiger partial charge in [0.15, 0.2) is 0 Å². The SMILES string of the molecule is NC(=O)CCCC(=O)N1CCc2ccccc2C1. The van der Waals surface area contributed by atoms with Crippen molar-refractivity contribution in [2.75, 3.05) is 6.54 Å². The molecule has 0 fully saturated rings. The molecule has 0 aromatic heterocycles. The maximum atomic E-state index is 12.0. The van der Waals surface area contributed by atoms with Crippen molar-refractivity contribution in [2.24, 2.45) is 5.73 Å². The molecule has 1 aromatic carbocycles. The van der Waals surface area contributed by atoms with E-state index in [0.717, 1.165) is 13.0 Å². The zero-order valence-corrected chi connectivity index (χ0v) is 10.4. The van der Waals surface area contributed by atoms with Crippen molar-refractivity contribution in [1.29, 1.82) is 0 Å². The van der Waals surface area contributed by atoms with Crippen molar-refractivity contribution >= 4 is 11.8 Å². The van der Waals surface area contributed by atoms with E-state index in [4.69, 9.17) is 5.73 Å². The average Bonchev–Trinajstić information content (AvgIpc) is 2.37. The molecule has 2 N–H and O–H groups in total. The number of benzene rings is 1. The second kappa shape index (κ2) is 5.67. The first kappa shape index (κ1) is 12.6. The Labute approximate surface area is 107 Å². The Morgan fingerprint density at radius 1 is 1.17 bits per heavy atom. The molecule has 2 amide bonds. The fourth-order valence-electron chi connectivity index (χ4n) is 2.28. The summed E-state index contributed by atoms with van der Waals surface area (Å²) < 4.78 is 0. The summed E-state index contributed by atoms with van der Waals surface area (Å²) in [5.41, 5.74) is 7.62. The van der Waals surface area contributed by atoms with Crippen molar-refractivity contribution in [3.63, 3.8) is 0 Å². The molecule has 96 valence electrons. The highest BCUT2D eigenvalue weighted by molar-refractivity contribution is 5.78. The summed E-state index contributed by atoms with van der Waals surface area (Å²) in [5, 5.41) is 0. The number of rotatable bonds is 4. The zero-order valence-electron chi connectivity index (χ0n) is 10.4. The van der Waals surface area contributed by atoms with E-state index in [2.05, 4.69) is 12.1 Å². The summed E-state index contributed by atoms with van der Waals surface area (Å²) in [4.78, 5) is 24.4. The van der Waals surface area contributed by atoms with Gasteiger partial charge in [-0.1, -0.05) is 24.3 Å². The summed E-state index contributed by atoms with van der Waals surface area (Å²) >= 11 is 0. The third kappa shape index (κ3) is 3.09. The monoisotopic (exact) mass is 246 g/mol. The van der Waals surface area contributed by atoms with Crippen LogP contribution in [0.5, 0.6) is 0 Å². The molecular formula is C14H18N2O2. The average molecular weight is 246 g/mol. The fourth-order valence-corrected chi connectivity index (χ4v) is 2.28. The van der Waals surface area contributed by atoms with Gasteiger partial charge in [-0.2, -0.15) is 0 Å². The summed E-state index contributed by atoms with van der Waals surface area (Å²) in [6, 6.07) is 8.21. The predicted octanol–water partition coefficient (Wildman–Crippen LogP) is 1.23. The molecule has 1 aromatic rings. The van der Waals surface area contributed by atoms with Crippen molar-refractivity contribution in [1.82, 2.24) is 4.90 Å². The van der Waals surface area contributed by atoms with Crippen LogP contribution in [0.4, 0.5) is 0 Å². The number of primary amides is 1. The summed E-state index contributed by atoms with van der Waals surface area (Å²) in [6.45, 7) is 1.46. The van der Waals surface area contributed by atoms with Gasteiger partial charge in [0.1, 0.15) is 0 Å². The van der Waals surface area contributed by atoms with E-state index in [0.29, 0.717) is 19.4 Å². The van der Waals surface area contributed by atoms with Crippen molar-refractivity contribution in [2.45, 2.75) is 32.2 Å². The number of amides is 2. The Morgan fingerprint density at radius 3 is 2.61 bits per heavy atom. The normalized spacial score (nSPS) is 14.1. The van der Waals surface area contributed by atoms with E-state index in [9.17, 15) is 9.59 Å². The molecule has 4 nitrogen and oxygen atoms in total. The molecule has 1 aliphatic rings. The Balaban J connectivity index is 1.88. The van der Waals surface area contributed by atoms with Crippen LogP contribution in [0.25, 0.3) is 0 Å². The van der Waals surface area contributed by atoms with Crippen LogP contribution in [0.15, 0.2) is 24.3 Å². The van der Waals surface area contributed by atoms with Crippen molar-refractivity contribution < 1.29 is 9.59 Å². The molecule has 1 aliphatic heterocycles. The second-order valence-electron chi connectivity index (χ2n) is 4.65. The van der Waals surface area contributed by atoms with E-state index < -0.39 is 0 Å². The highest BCUT2D eigenvalue weighted by Gasteiger charge is 2.19. The van der Waals surface area contributed by atoms with Crippen LogP contribution in [0.2, 0.25) is 0 Å². The lowest BCUT2D eigenvalue weighted by Crippen LogP contribution is -2.35. The Morgan fingerprint density at radius 2 is 1.89 bits per heavy atom. The van der Waals surface area contributed by atoms with Crippen molar-refractivity contribution in [3.05, 3.63) is 35.4 Å². The van der Waals surface area contributed by atoms with Crippen LogP contribution in [-0.2, 0) is 22.6 Å². The minimum absolute atomic E-state index is 0.116. The van der Waals surface area contributed by atoms with E-state index in [-0.39, 0.29) is 18.2 Å². The first-order valence-electron chi connectivity index (χ1n) is 6.29. The minimum Gasteiger partial charge on any atom is -0.370 e. The van der Waals surface area contributed by atoms with E-state index >= 15 is 0 Å². The number of carbonyl (C=O) groups excluding carboxylic acids is 2. The van der Waals surface area contributed by atoms with Gasteiger partial charge in [-0.25, -0.2) is 0 Å². The Hall–Kier alpha value is -1.84. The van der Waals surface area contributed by atoms with Crippen LogP contribution in [0, 0.1) is 0 Å². The van der Waals surface area contributed by atoms with Gasteiger partial charge in [0.25, 0.3) is 0 Å². The Kier molecular flexibility index (Phi) is 3.97. The molecule has 0 saturated heterocycles. The first-order valence-corrected chi connectivity index (χ1v) is 6.29. The number of carbonyl (C=O) groups is 2. The van der Waals surface area contributed by atoms with Gasteiger partial charge in [-0.15, -0.1) is 0 Å². The van der Waals surface area contributed by atoms with Gasteiger partial charge in [0.05, 0.1) is 0 Å². The number of hydrogen-bond acceptors (Lipinski definition) is 2. The molecule has 2 rings (SSSR count). The largest absolute Gasteiger partial charge is 0.370 e. The van der Waals surface area contributed by atoms with Gasteiger partial charge in [0, 0.05) is 25.9 Å². The molecule has 4 heteroatoms. The molecule has 0 saturated carbocycles. The van der Waals surface area contributed by atoms with E-state index in [1.54, 1.807) is 0 Å². The molecule has 0 bridgehead atoms. The second-order valence-corrected chi connectivity index (χ2v) is 4.65. The van der Waals surface area contributed by atoms with E-state index in [1.165, 1.54) is 11.1 Å². The smallest absolute Gasteiger partial charge is 0.222 e. The summed E-state index contributed by atoms with van der Waals surface area (Å²) in [5.74, 6) is -0.224. The Bertz CT molecular complexity index is 457. The van der Waals surface area contributed by atoms with Crippen LogP contribution >= 0.6 is 0 Å². The maximum absolute atomic E-state index is 12.0. The molecule has 1 heterocycles. The quantitative estimate of drug-likeness (QED) is 0.868. The molecule has 0 atom stereocenters. The molecule has 0 aliphatic carbocycles. The zero-order chi connectivity index (χ0) is 13.0. The molecule has 0 radical (unpaired) electrons. The molecule has 0 spiro atoms. The van der Waals surface area contributed by atoms with Gasteiger partial charge in [-0.3, -0.25) is 9.59 Å². The number of nitrogens with zero attached hydrogens (tertiary/aromatic N) is 1. The molecular weight excluding hydrogens is 228 g/mol. The first-order chi connectivity index (χ1) is 8.66. The third-order valence-corrected chi connectivity index (χ3v) is 3.30. The number of hydrogen-bond donors (Lipinski definition) is 1. The minimum atomic E-state index is -0.341. The molecule has 18 heavy (non-hydrogen) atoms. The van der Waals surface area contributed by atoms with Gasteiger partial charge >= 0.3 is 0 Å². The van der Waals surface area contributed by atoms with Crippen LogP contribution in [-0.4, -0.2) is 23.3 Å². The third-order valence-electron chi connectivity index (χ3n) is 3.30. The maximum Gasteiger partial charge on any atom is 0.222 e. The van der Waals surface area contributed by atoms with Gasteiger partial charge < -0.3 is 10.6 Å². The van der Waals surface area contributed by atoms with Gasteiger partial charge in [-0.05, 0) is 24.0 Å². The van der Waals surface area contributed by atoms with Crippen LogP contribution < -0.4 is 5.73 Å². The molecule has 0 unspecified atom stereocenters.